The van der Waals surface area contributed by atoms with E-state index in [9.17, 15) is 4.79 Å². The number of carbonyl (C=O) groups excluding carboxylic acids is 1. The fraction of sp³-hybridized carbons (Fsp3) is 0.100. The van der Waals surface area contributed by atoms with E-state index in [1.165, 1.54) is 11.3 Å². The second kappa shape index (κ2) is 7.13. The van der Waals surface area contributed by atoms with Crippen molar-refractivity contribution in [3.05, 3.63) is 70.9 Å². The number of nitrogens with one attached hydrogen (secondary N) is 1. The summed E-state index contributed by atoms with van der Waals surface area (Å²) in [5.41, 5.74) is 7.13. The zero-order chi connectivity index (χ0) is 18.8. The number of nitrogens with zero attached hydrogens (tertiary/aromatic N) is 3. The van der Waals surface area contributed by atoms with Gasteiger partial charge in [-0.05, 0) is 18.6 Å². The molecule has 6 nitrogen and oxygen atoms in total. The van der Waals surface area contributed by atoms with Crippen LogP contribution in [0.25, 0.3) is 21.5 Å². The number of nitrogens with two attached hydrogens (primary N) is 1. The molecule has 0 radical (unpaired) electrons. The molecule has 2 heterocycles. The van der Waals surface area contributed by atoms with E-state index in [0.717, 1.165) is 21.2 Å². The molecule has 0 atom stereocenters. The number of carbonyl (C=O) groups is 1. The molecule has 0 bridgehead atoms. The van der Waals surface area contributed by atoms with E-state index in [4.69, 9.17) is 5.73 Å². The Balaban J connectivity index is 1.70. The highest BCUT2D eigenvalue weighted by Crippen LogP contribution is 2.35. The molecule has 0 aliphatic heterocycles. The number of amides is 1. The van der Waals surface area contributed by atoms with Crippen molar-refractivity contribution in [3.63, 3.8) is 0 Å². The maximum absolute atomic E-state index is 11.7. The van der Waals surface area contributed by atoms with Gasteiger partial charge in [-0.25, -0.2) is 4.98 Å². The van der Waals surface area contributed by atoms with Gasteiger partial charge in [-0.3, -0.25) is 4.79 Å². The van der Waals surface area contributed by atoms with Gasteiger partial charge in [-0.15, -0.1) is 11.3 Å². The Bertz CT molecular complexity index is 1120. The number of thiophene rings is 1. The standard InChI is InChI=1S/C20H17N5OS/c1-12-23-19(25-20(24-12)22-10-13-6-3-2-4-7-13)17-14-8-5-9-15(18(21)26)16(14)11-27-17/h2-9,11H,10H2,1H3,(H2,21,26)(H,22,23,24,25). The number of anilines is 1. The molecule has 4 rings (SSSR count). The number of benzene rings is 2. The van der Waals surface area contributed by atoms with Crippen molar-refractivity contribution in [3.8, 4) is 10.7 Å². The van der Waals surface area contributed by atoms with Crippen molar-refractivity contribution in [1.82, 2.24) is 15.0 Å². The summed E-state index contributed by atoms with van der Waals surface area (Å²) in [4.78, 5) is 26.0. The molecule has 7 heteroatoms. The first-order valence-corrected chi connectivity index (χ1v) is 9.30. The summed E-state index contributed by atoms with van der Waals surface area (Å²) in [7, 11) is 0. The largest absolute Gasteiger partial charge is 0.366 e. The summed E-state index contributed by atoms with van der Waals surface area (Å²) in [6, 6.07) is 15.6. The lowest BCUT2D eigenvalue weighted by Gasteiger charge is -2.07. The molecule has 134 valence electrons. The van der Waals surface area contributed by atoms with E-state index in [-0.39, 0.29) is 0 Å². The summed E-state index contributed by atoms with van der Waals surface area (Å²) < 4.78 is 0. The molecule has 0 unspecified atom stereocenters. The molecule has 0 aliphatic rings. The van der Waals surface area contributed by atoms with Crippen LogP contribution in [0.4, 0.5) is 5.95 Å². The first kappa shape index (κ1) is 17.1. The third kappa shape index (κ3) is 3.50. The fourth-order valence-electron chi connectivity index (χ4n) is 2.90. The Morgan fingerprint density at radius 2 is 1.85 bits per heavy atom. The lowest BCUT2D eigenvalue weighted by Crippen LogP contribution is -2.10. The monoisotopic (exact) mass is 375 g/mol. The summed E-state index contributed by atoms with van der Waals surface area (Å²) in [6.45, 7) is 2.46. The third-order valence-corrected chi connectivity index (χ3v) is 5.15. The second-order valence-corrected chi connectivity index (χ2v) is 6.94. The van der Waals surface area contributed by atoms with E-state index in [1.54, 1.807) is 6.07 Å². The molecular weight excluding hydrogens is 358 g/mol. The zero-order valence-electron chi connectivity index (χ0n) is 14.6. The van der Waals surface area contributed by atoms with Gasteiger partial charge < -0.3 is 11.1 Å². The van der Waals surface area contributed by atoms with Gasteiger partial charge in [0.05, 0.1) is 4.88 Å². The number of fused-ring (bicyclic) bond motifs is 1. The zero-order valence-corrected chi connectivity index (χ0v) is 15.5. The minimum absolute atomic E-state index is 0.443. The second-order valence-electron chi connectivity index (χ2n) is 6.06. The van der Waals surface area contributed by atoms with Crippen molar-refractivity contribution in [2.75, 3.05) is 5.32 Å². The van der Waals surface area contributed by atoms with Crippen molar-refractivity contribution < 1.29 is 4.79 Å². The Hall–Kier alpha value is -3.32. The first-order chi connectivity index (χ1) is 13.1. The summed E-state index contributed by atoms with van der Waals surface area (Å²) in [5.74, 6) is 1.29. The van der Waals surface area contributed by atoms with Crippen LogP contribution in [0.3, 0.4) is 0 Å². The molecule has 0 spiro atoms. The topological polar surface area (TPSA) is 93.8 Å². The average Bonchev–Trinajstić information content (AvgIpc) is 3.11. The summed E-state index contributed by atoms with van der Waals surface area (Å²) >= 11 is 1.49. The molecule has 0 saturated heterocycles. The van der Waals surface area contributed by atoms with Crippen molar-refractivity contribution in [1.29, 1.82) is 0 Å². The highest BCUT2D eigenvalue weighted by Gasteiger charge is 2.15. The highest BCUT2D eigenvalue weighted by atomic mass is 32.1. The average molecular weight is 375 g/mol. The number of aryl methyl sites for hydroxylation is 1. The van der Waals surface area contributed by atoms with Gasteiger partial charge in [0.15, 0.2) is 5.82 Å². The van der Waals surface area contributed by atoms with Gasteiger partial charge in [0, 0.05) is 28.3 Å². The molecular formula is C20H17N5OS. The van der Waals surface area contributed by atoms with Crippen LogP contribution in [0, 0.1) is 6.92 Å². The van der Waals surface area contributed by atoms with Crippen LogP contribution >= 0.6 is 11.3 Å². The molecule has 0 aliphatic carbocycles. The van der Waals surface area contributed by atoms with E-state index in [0.29, 0.717) is 29.7 Å². The van der Waals surface area contributed by atoms with Gasteiger partial charge in [0.25, 0.3) is 0 Å². The lowest BCUT2D eigenvalue weighted by atomic mass is 10.1. The number of aromatic nitrogens is 3. The summed E-state index contributed by atoms with van der Waals surface area (Å²) in [5, 5.41) is 6.90. The van der Waals surface area contributed by atoms with Crippen LogP contribution in [0.15, 0.2) is 53.9 Å². The van der Waals surface area contributed by atoms with E-state index in [2.05, 4.69) is 20.3 Å². The summed E-state index contributed by atoms with van der Waals surface area (Å²) in [6.07, 6.45) is 0. The predicted molar refractivity (Wildman–Crippen MR) is 108 cm³/mol. The third-order valence-electron chi connectivity index (χ3n) is 4.15. The Labute approximate surface area is 160 Å². The first-order valence-electron chi connectivity index (χ1n) is 8.42. The number of hydrogen-bond donors (Lipinski definition) is 2. The Morgan fingerprint density at radius 1 is 1.04 bits per heavy atom. The Kier molecular flexibility index (Phi) is 4.52. The van der Waals surface area contributed by atoms with E-state index < -0.39 is 5.91 Å². The molecule has 3 N–H and O–H groups in total. The quantitative estimate of drug-likeness (QED) is 0.554. The van der Waals surface area contributed by atoms with Gasteiger partial charge in [-0.1, -0.05) is 42.5 Å². The van der Waals surface area contributed by atoms with Gasteiger partial charge in [0.1, 0.15) is 5.82 Å². The molecule has 0 fully saturated rings. The molecule has 2 aromatic carbocycles. The van der Waals surface area contributed by atoms with Gasteiger partial charge >= 0.3 is 0 Å². The molecule has 2 aromatic heterocycles. The SMILES string of the molecule is Cc1nc(NCc2ccccc2)nc(-c2scc3c(C(N)=O)cccc23)n1. The highest BCUT2D eigenvalue weighted by molar-refractivity contribution is 7.15. The van der Waals surface area contributed by atoms with Crippen LogP contribution in [-0.2, 0) is 6.54 Å². The fourth-order valence-corrected chi connectivity index (χ4v) is 3.89. The number of rotatable bonds is 5. The van der Waals surface area contributed by atoms with Gasteiger partial charge in [-0.2, -0.15) is 9.97 Å². The van der Waals surface area contributed by atoms with Crippen LogP contribution in [-0.4, -0.2) is 20.9 Å². The van der Waals surface area contributed by atoms with Crippen LogP contribution in [0.2, 0.25) is 0 Å². The molecule has 27 heavy (non-hydrogen) atoms. The van der Waals surface area contributed by atoms with Crippen molar-refractivity contribution in [2.45, 2.75) is 13.5 Å². The minimum Gasteiger partial charge on any atom is -0.366 e. The minimum atomic E-state index is -0.443. The van der Waals surface area contributed by atoms with Gasteiger partial charge in [0.2, 0.25) is 11.9 Å². The number of hydrogen-bond acceptors (Lipinski definition) is 6. The van der Waals surface area contributed by atoms with Crippen LogP contribution < -0.4 is 11.1 Å². The molecule has 1 amide bonds. The van der Waals surface area contributed by atoms with E-state index in [1.807, 2.05) is 54.8 Å². The van der Waals surface area contributed by atoms with Crippen molar-refractivity contribution in [2.24, 2.45) is 5.73 Å². The predicted octanol–water partition coefficient (Wildman–Crippen LogP) is 3.77. The maximum Gasteiger partial charge on any atom is 0.249 e. The van der Waals surface area contributed by atoms with Crippen LogP contribution in [0.5, 0.6) is 0 Å². The van der Waals surface area contributed by atoms with E-state index >= 15 is 0 Å². The molecule has 4 aromatic rings. The Morgan fingerprint density at radius 3 is 2.63 bits per heavy atom. The van der Waals surface area contributed by atoms with Crippen LogP contribution in [0.1, 0.15) is 21.7 Å². The molecule has 0 saturated carbocycles. The van der Waals surface area contributed by atoms with Crippen molar-refractivity contribution >= 4 is 34.0 Å². The normalized spacial score (nSPS) is 10.9. The lowest BCUT2D eigenvalue weighted by molar-refractivity contribution is 0.100. The maximum atomic E-state index is 11.7. The number of primary amides is 1. The smallest absolute Gasteiger partial charge is 0.249 e.